The largest absolute Gasteiger partial charge is 0.481 e. The predicted octanol–water partition coefficient (Wildman–Crippen LogP) is 4.00. The lowest BCUT2D eigenvalue weighted by atomic mass is 10.0. The maximum absolute atomic E-state index is 12.6. The number of fused-ring (bicyclic) bond motifs is 1. The first-order chi connectivity index (χ1) is 11.4. The number of carbonyl (C=O) groups is 2. The number of carboxylic acid groups (broad SMARTS) is 1. The molecule has 2 aromatic carbocycles. The fourth-order valence-corrected chi connectivity index (χ4v) is 3.50. The third-order valence-electron chi connectivity index (χ3n) is 4.65. The Morgan fingerprint density at radius 3 is 2.42 bits per heavy atom. The zero-order chi connectivity index (χ0) is 17.4. The highest BCUT2D eigenvalue weighted by atomic mass is 35.5. The first-order valence-electron chi connectivity index (χ1n) is 7.77. The summed E-state index contributed by atoms with van der Waals surface area (Å²) in [5.74, 6) is -1.75. The number of carboxylic acids is 1. The Labute approximate surface area is 145 Å². The Balaban J connectivity index is 1.88. The van der Waals surface area contributed by atoms with Gasteiger partial charge in [0, 0.05) is 0 Å². The number of halogens is 1. The molecule has 0 heterocycles. The van der Waals surface area contributed by atoms with Crippen molar-refractivity contribution >= 4 is 23.5 Å². The van der Waals surface area contributed by atoms with Gasteiger partial charge >= 0.3 is 5.97 Å². The van der Waals surface area contributed by atoms with Crippen LogP contribution in [0.2, 0.25) is 5.02 Å². The van der Waals surface area contributed by atoms with E-state index in [2.05, 4.69) is 5.32 Å². The van der Waals surface area contributed by atoms with Gasteiger partial charge < -0.3 is 10.4 Å². The molecule has 24 heavy (non-hydrogen) atoms. The Morgan fingerprint density at radius 2 is 1.75 bits per heavy atom. The maximum Gasteiger partial charge on any atom is 0.311 e. The van der Waals surface area contributed by atoms with Crippen molar-refractivity contribution in [3.8, 4) is 0 Å². The van der Waals surface area contributed by atoms with Gasteiger partial charge in [-0.05, 0) is 54.7 Å². The summed E-state index contributed by atoms with van der Waals surface area (Å²) in [6, 6.07) is 10.6. The van der Waals surface area contributed by atoms with Gasteiger partial charge in [0.15, 0.2) is 0 Å². The number of amides is 1. The lowest BCUT2D eigenvalue weighted by molar-refractivity contribution is -0.138. The summed E-state index contributed by atoms with van der Waals surface area (Å²) >= 11 is 6.21. The van der Waals surface area contributed by atoms with Crippen LogP contribution in [0.15, 0.2) is 36.4 Å². The average Bonchev–Trinajstić information content (AvgIpc) is 2.90. The van der Waals surface area contributed by atoms with Gasteiger partial charge in [-0.1, -0.05) is 35.9 Å². The van der Waals surface area contributed by atoms with Gasteiger partial charge in [-0.15, -0.1) is 0 Å². The topological polar surface area (TPSA) is 66.4 Å². The van der Waals surface area contributed by atoms with E-state index in [1.807, 2.05) is 38.1 Å². The molecule has 4 nitrogen and oxygen atoms in total. The molecule has 1 aliphatic rings. The maximum atomic E-state index is 12.6. The number of nitrogens with one attached hydrogen (secondary N) is 1. The normalized spacial score (nSPS) is 19.0. The smallest absolute Gasteiger partial charge is 0.311 e. The number of hydrogen-bond donors (Lipinski definition) is 2. The molecule has 2 unspecified atom stereocenters. The Hall–Kier alpha value is -2.33. The quantitative estimate of drug-likeness (QED) is 0.885. The second-order valence-electron chi connectivity index (χ2n) is 6.20. The third-order valence-corrected chi connectivity index (χ3v) is 4.96. The molecular weight excluding hydrogens is 326 g/mol. The van der Waals surface area contributed by atoms with E-state index in [1.165, 1.54) is 0 Å². The van der Waals surface area contributed by atoms with Crippen LogP contribution in [-0.4, -0.2) is 17.0 Å². The summed E-state index contributed by atoms with van der Waals surface area (Å²) in [6.07, 6.45) is 0.350. The molecule has 0 aliphatic heterocycles. The van der Waals surface area contributed by atoms with E-state index in [1.54, 1.807) is 12.1 Å². The molecule has 0 saturated carbocycles. The van der Waals surface area contributed by atoms with Crippen molar-refractivity contribution in [3.63, 3.8) is 0 Å². The summed E-state index contributed by atoms with van der Waals surface area (Å²) in [7, 11) is 0. The number of hydrogen-bond acceptors (Lipinski definition) is 2. The number of aryl methyl sites for hydroxylation is 2. The Kier molecular flexibility index (Phi) is 4.33. The van der Waals surface area contributed by atoms with Crippen LogP contribution in [-0.2, 0) is 4.79 Å². The number of benzene rings is 2. The number of aliphatic carboxylic acids is 1. The van der Waals surface area contributed by atoms with Crippen molar-refractivity contribution in [1.29, 1.82) is 0 Å². The summed E-state index contributed by atoms with van der Waals surface area (Å²) < 4.78 is 0. The van der Waals surface area contributed by atoms with Crippen molar-refractivity contribution < 1.29 is 14.7 Å². The van der Waals surface area contributed by atoms with E-state index in [4.69, 9.17) is 11.6 Å². The van der Waals surface area contributed by atoms with Gasteiger partial charge in [0.05, 0.1) is 22.5 Å². The first-order valence-corrected chi connectivity index (χ1v) is 8.15. The van der Waals surface area contributed by atoms with E-state index < -0.39 is 11.9 Å². The average molecular weight is 344 g/mol. The van der Waals surface area contributed by atoms with E-state index in [0.29, 0.717) is 17.0 Å². The van der Waals surface area contributed by atoms with Gasteiger partial charge in [-0.2, -0.15) is 0 Å². The van der Waals surface area contributed by atoms with Gasteiger partial charge in [0.1, 0.15) is 0 Å². The van der Waals surface area contributed by atoms with Crippen molar-refractivity contribution in [2.45, 2.75) is 32.2 Å². The molecule has 0 spiro atoms. The molecule has 2 N–H and O–H groups in total. The van der Waals surface area contributed by atoms with Gasteiger partial charge in [-0.25, -0.2) is 0 Å². The van der Waals surface area contributed by atoms with Crippen molar-refractivity contribution in [2.75, 3.05) is 0 Å². The third kappa shape index (κ3) is 2.89. The molecular formula is C19H18ClNO3. The first kappa shape index (κ1) is 16.5. The summed E-state index contributed by atoms with van der Waals surface area (Å²) in [6.45, 7) is 3.86. The van der Waals surface area contributed by atoms with Crippen LogP contribution < -0.4 is 5.32 Å². The molecule has 1 amide bonds. The molecule has 0 radical (unpaired) electrons. The van der Waals surface area contributed by atoms with Crippen LogP contribution in [0.4, 0.5) is 0 Å². The highest BCUT2D eigenvalue weighted by molar-refractivity contribution is 6.34. The number of carbonyl (C=O) groups excluding carboxylic acids is 1. The zero-order valence-electron chi connectivity index (χ0n) is 13.5. The molecule has 1 aliphatic carbocycles. The van der Waals surface area contributed by atoms with E-state index in [0.717, 1.165) is 22.3 Å². The van der Waals surface area contributed by atoms with Crippen molar-refractivity contribution in [1.82, 2.24) is 5.32 Å². The van der Waals surface area contributed by atoms with Gasteiger partial charge in [0.25, 0.3) is 5.91 Å². The van der Waals surface area contributed by atoms with Gasteiger partial charge in [-0.3, -0.25) is 9.59 Å². The lowest BCUT2D eigenvalue weighted by Crippen LogP contribution is -2.28. The van der Waals surface area contributed by atoms with Crippen molar-refractivity contribution in [3.05, 3.63) is 69.2 Å². The summed E-state index contributed by atoms with van der Waals surface area (Å²) in [5, 5.41) is 12.7. The molecule has 5 heteroatoms. The minimum atomic E-state index is -0.872. The Bertz CT molecular complexity index is 831. The highest BCUT2D eigenvalue weighted by Crippen LogP contribution is 2.40. The molecule has 2 aromatic rings. The molecule has 124 valence electrons. The standard InChI is InChI=1S/C19H18ClNO3/c1-10-7-15(16(20)8-11(10)2)18(22)21-17-9-14(19(23)24)12-5-3-4-6-13(12)17/h3-8,14,17H,9H2,1-2H3,(H,21,22)(H,23,24). The van der Waals surface area contributed by atoms with E-state index >= 15 is 0 Å². The lowest BCUT2D eigenvalue weighted by Gasteiger charge is -2.15. The summed E-state index contributed by atoms with van der Waals surface area (Å²) in [5.41, 5.74) is 4.05. The summed E-state index contributed by atoms with van der Waals surface area (Å²) in [4.78, 5) is 24.1. The van der Waals surface area contributed by atoms with Gasteiger partial charge in [0.2, 0.25) is 0 Å². The fraction of sp³-hybridized carbons (Fsp3) is 0.263. The molecule has 0 aromatic heterocycles. The minimum Gasteiger partial charge on any atom is -0.481 e. The molecule has 0 bridgehead atoms. The molecule has 0 fully saturated rings. The minimum absolute atomic E-state index is 0.283. The zero-order valence-corrected chi connectivity index (χ0v) is 14.2. The van der Waals surface area contributed by atoms with Crippen LogP contribution in [0.1, 0.15) is 51.0 Å². The molecule has 0 saturated heterocycles. The Morgan fingerprint density at radius 1 is 1.12 bits per heavy atom. The highest BCUT2D eigenvalue weighted by Gasteiger charge is 2.36. The fourth-order valence-electron chi connectivity index (χ4n) is 3.20. The molecule has 3 rings (SSSR count). The van der Waals surface area contributed by atoms with E-state index in [-0.39, 0.29) is 11.9 Å². The predicted molar refractivity (Wildman–Crippen MR) is 92.6 cm³/mol. The second-order valence-corrected chi connectivity index (χ2v) is 6.61. The van der Waals surface area contributed by atoms with Crippen LogP contribution in [0.25, 0.3) is 0 Å². The number of rotatable bonds is 3. The second kappa shape index (κ2) is 6.29. The monoisotopic (exact) mass is 343 g/mol. The van der Waals surface area contributed by atoms with E-state index in [9.17, 15) is 14.7 Å². The van der Waals surface area contributed by atoms with Crippen LogP contribution in [0.5, 0.6) is 0 Å². The van der Waals surface area contributed by atoms with Crippen LogP contribution >= 0.6 is 11.6 Å². The van der Waals surface area contributed by atoms with Crippen molar-refractivity contribution in [2.24, 2.45) is 0 Å². The SMILES string of the molecule is Cc1cc(Cl)c(C(=O)NC2CC(C(=O)O)c3ccccc32)cc1C. The molecule has 2 atom stereocenters. The van der Waals surface area contributed by atoms with Crippen LogP contribution in [0.3, 0.4) is 0 Å². The van der Waals surface area contributed by atoms with Crippen LogP contribution in [0, 0.1) is 13.8 Å².